The van der Waals surface area contributed by atoms with Gasteiger partial charge in [0.1, 0.15) is 0 Å². The van der Waals surface area contributed by atoms with E-state index < -0.39 is 0 Å². The molecule has 0 N–H and O–H groups in total. The molecular weight excluding hydrogens is 182 g/mol. The van der Waals surface area contributed by atoms with Crippen LogP contribution < -0.4 is 0 Å². The average Bonchev–Trinajstić information content (AvgIpc) is 2.10. The number of nitrogens with zero attached hydrogens (tertiary/aromatic N) is 1. The molecule has 0 aliphatic carbocycles. The summed E-state index contributed by atoms with van der Waals surface area (Å²) in [5.41, 5.74) is 0. The van der Waals surface area contributed by atoms with Gasteiger partial charge in [0.2, 0.25) is 0 Å². The summed E-state index contributed by atoms with van der Waals surface area (Å²) in [7, 11) is 0. The van der Waals surface area contributed by atoms with Crippen molar-refractivity contribution in [3.05, 3.63) is 0 Å². The maximum absolute atomic E-state index is 5.67. The van der Waals surface area contributed by atoms with Gasteiger partial charge in [0.15, 0.2) is 0 Å². The highest BCUT2D eigenvalue weighted by molar-refractivity contribution is 6.17. The lowest BCUT2D eigenvalue weighted by atomic mass is 9.97. The van der Waals surface area contributed by atoms with Crippen molar-refractivity contribution in [2.24, 2.45) is 0 Å². The van der Waals surface area contributed by atoms with Crippen molar-refractivity contribution in [1.29, 1.82) is 0 Å². The normalized spacial score (nSPS) is 30.7. The van der Waals surface area contributed by atoms with Gasteiger partial charge in [-0.05, 0) is 46.1 Å². The van der Waals surface area contributed by atoms with E-state index in [-0.39, 0.29) is 0 Å². The van der Waals surface area contributed by atoms with Crippen LogP contribution in [0.2, 0.25) is 0 Å². The Bertz CT molecular complexity index is 128. The molecule has 1 nitrogen and oxygen atoms in total. The minimum Gasteiger partial charge on any atom is -0.298 e. The summed E-state index contributed by atoms with van der Waals surface area (Å²) < 4.78 is 0. The predicted molar refractivity (Wildman–Crippen MR) is 59.4 cm³/mol. The highest BCUT2D eigenvalue weighted by Crippen LogP contribution is 2.22. The topological polar surface area (TPSA) is 3.24 Å². The molecule has 2 atom stereocenters. The number of halogens is 1. The molecule has 78 valence electrons. The lowest BCUT2D eigenvalue weighted by Gasteiger charge is -2.39. The minimum absolute atomic E-state index is 0.791. The Morgan fingerprint density at radius 1 is 1.15 bits per heavy atom. The maximum atomic E-state index is 5.67. The van der Waals surface area contributed by atoms with E-state index in [0.29, 0.717) is 0 Å². The first-order valence-corrected chi connectivity index (χ1v) is 6.11. The van der Waals surface area contributed by atoms with Crippen molar-refractivity contribution >= 4 is 11.6 Å². The van der Waals surface area contributed by atoms with Crippen molar-refractivity contribution in [1.82, 2.24) is 4.90 Å². The average molecular weight is 204 g/mol. The largest absolute Gasteiger partial charge is 0.298 e. The molecule has 0 unspecified atom stereocenters. The zero-order valence-corrected chi connectivity index (χ0v) is 9.69. The molecule has 1 aliphatic heterocycles. The van der Waals surface area contributed by atoms with E-state index in [4.69, 9.17) is 11.6 Å². The summed E-state index contributed by atoms with van der Waals surface area (Å²) in [6, 6.07) is 1.58. The molecule has 0 aromatic rings. The molecule has 1 fully saturated rings. The van der Waals surface area contributed by atoms with Gasteiger partial charge in [0.05, 0.1) is 0 Å². The fraction of sp³-hybridized carbons (Fsp3) is 1.00. The molecule has 0 saturated carbocycles. The van der Waals surface area contributed by atoms with Crippen LogP contribution in [0.1, 0.15) is 46.0 Å². The molecule has 0 radical (unpaired) electrons. The summed E-state index contributed by atoms with van der Waals surface area (Å²) in [6.07, 6.45) is 6.60. The van der Waals surface area contributed by atoms with Gasteiger partial charge in [-0.25, -0.2) is 0 Å². The van der Waals surface area contributed by atoms with Crippen molar-refractivity contribution in [2.75, 3.05) is 12.4 Å². The van der Waals surface area contributed by atoms with Crippen LogP contribution in [0.5, 0.6) is 0 Å². The number of unbranched alkanes of at least 4 members (excludes halogenated alkanes) is 1. The molecule has 1 rings (SSSR count). The summed E-state index contributed by atoms with van der Waals surface area (Å²) in [4.78, 5) is 2.65. The quantitative estimate of drug-likeness (QED) is 0.501. The smallest absolute Gasteiger partial charge is 0.0223 e. The third-order valence-electron chi connectivity index (χ3n) is 3.18. The van der Waals surface area contributed by atoms with Crippen LogP contribution >= 0.6 is 11.6 Å². The Morgan fingerprint density at radius 2 is 1.77 bits per heavy atom. The molecule has 1 aliphatic rings. The molecule has 13 heavy (non-hydrogen) atoms. The number of rotatable bonds is 4. The van der Waals surface area contributed by atoms with Crippen LogP contribution in [0.3, 0.4) is 0 Å². The van der Waals surface area contributed by atoms with E-state index in [1.54, 1.807) is 0 Å². The molecule has 1 saturated heterocycles. The van der Waals surface area contributed by atoms with Crippen molar-refractivity contribution in [3.63, 3.8) is 0 Å². The van der Waals surface area contributed by atoms with Crippen molar-refractivity contribution in [3.8, 4) is 0 Å². The number of alkyl halides is 1. The fourth-order valence-corrected chi connectivity index (χ4v) is 2.49. The summed E-state index contributed by atoms with van der Waals surface area (Å²) in [6.45, 7) is 5.96. The molecule has 0 aromatic carbocycles. The second-order valence-electron chi connectivity index (χ2n) is 4.26. The van der Waals surface area contributed by atoms with Gasteiger partial charge in [-0.1, -0.05) is 6.42 Å². The van der Waals surface area contributed by atoms with Crippen molar-refractivity contribution < 1.29 is 0 Å². The molecular formula is C11H22ClN. The number of piperidine rings is 1. The van der Waals surface area contributed by atoms with E-state index in [2.05, 4.69) is 18.7 Å². The summed E-state index contributed by atoms with van der Waals surface area (Å²) in [5, 5.41) is 0. The van der Waals surface area contributed by atoms with E-state index in [1.165, 1.54) is 32.2 Å². The van der Waals surface area contributed by atoms with Crippen LogP contribution in [0.25, 0.3) is 0 Å². The van der Waals surface area contributed by atoms with Crippen molar-refractivity contribution in [2.45, 2.75) is 58.0 Å². The molecule has 0 spiro atoms. The fourth-order valence-electron chi connectivity index (χ4n) is 2.30. The predicted octanol–water partition coefficient (Wildman–Crippen LogP) is 3.27. The SMILES string of the molecule is C[C@@H]1CCC[C@H](C)N1CCCCCl. The Labute approximate surface area is 87.4 Å². The van der Waals surface area contributed by atoms with Gasteiger partial charge >= 0.3 is 0 Å². The molecule has 1 heterocycles. The first-order chi connectivity index (χ1) is 6.25. The maximum Gasteiger partial charge on any atom is 0.0223 e. The Hall–Kier alpha value is 0.250. The lowest BCUT2D eigenvalue weighted by molar-refractivity contribution is 0.102. The second kappa shape index (κ2) is 5.87. The first-order valence-electron chi connectivity index (χ1n) is 5.57. The first kappa shape index (κ1) is 11.3. The zero-order chi connectivity index (χ0) is 9.68. The van der Waals surface area contributed by atoms with Gasteiger partial charge in [0.25, 0.3) is 0 Å². The monoisotopic (exact) mass is 203 g/mol. The Kier molecular flexibility index (Phi) is 5.12. The van der Waals surface area contributed by atoms with Gasteiger partial charge in [-0.15, -0.1) is 11.6 Å². The standard InChI is InChI=1S/C11H22ClN/c1-10-6-5-7-11(2)13(10)9-4-3-8-12/h10-11H,3-9H2,1-2H3/t10-,11+. The summed E-state index contributed by atoms with van der Waals surface area (Å²) in [5.74, 6) is 0.816. The van der Waals surface area contributed by atoms with E-state index in [1.807, 2.05) is 0 Å². The van der Waals surface area contributed by atoms with Crippen LogP contribution in [-0.4, -0.2) is 29.4 Å². The van der Waals surface area contributed by atoms with Gasteiger partial charge < -0.3 is 0 Å². The number of hydrogen-bond donors (Lipinski definition) is 0. The van der Waals surface area contributed by atoms with Crippen LogP contribution in [0.4, 0.5) is 0 Å². The van der Waals surface area contributed by atoms with Crippen LogP contribution in [-0.2, 0) is 0 Å². The van der Waals surface area contributed by atoms with E-state index in [9.17, 15) is 0 Å². The van der Waals surface area contributed by atoms with E-state index >= 15 is 0 Å². The second-order valence-corrected chi connectivity index (χ2v) is 4.64. The van der Waals surface area contributed by atoms with Crippen LogP contribution in [0.15, 0.2) is 0 Å². The van der Waals surface area contributed by atoms with Gasteiger partial charge in [-0.2, -0.15) is 0 Å². The van der Waals surface area contributed by atoms with E-state index in [0.717, 1.165) is 24.4 Å². The highest BCUT2D eigenvalue weighted by Gasteiger charge is 2.23. The molecule has 0 bridgehead atoms. The number of hydrogen-bond acceptors (Lipinski definition) is 1. The summed E-state index contributed by atoms with van der Waals surface area (Å²) >= 11 is 5.67. The Morgan fingerprint density at radius 3 is 2.31 bits per heavy atom. The van der Waals surface area contributed by atoms with Crippen LogP contribution in [0, 0.1) is 0 Å². The third kappa shape index (κ3) is 3.47. The third-order valence-corrected chi connectivity index (χ3v) is 3.44. The minimum atomic E-state index is 0.791. The zero-order valence-electron chi connectivity index (χ0n) is 8.93. The van der Waals surface area contributed by atoms with Gasteiger partial charge in [-0.3, -0.25) is 4.90 Å². The lowest BCUT2D eigenvalue weighted by Crippen LogP contribution is -2.44. The van der Waals surface area contributed by atoms with Gasteiger partial charge in [0, 0.05) is 18.0 Å². The number of likely N-dealkylation sites (tertiary alicyclic amines) is 1. The molecule has 0 aromatic heterocycles. The molecule has 0 amide bonds. The molecule has 2 heteroatoms. The Balaban J connectivity index is 2.26. The highest BCUT2D eigenvalue weighted by atomic mass is 35.5.